The summed E-state index contributed by atoms with van der Waals surface area (Å²) in [6, 6.07) is 6.82. The van der Waals surface area contributed by atoms with Crippen LogP contribution in [0.25, 0.3) is 10.2 Å². The van der Waals surface area contributed by atoms with Gasteiger partial charge in [0.15, 0.2) is 10.9 Å². The van der Waals surface area contributed by atoms with E-state index in [0.717, 1.165) is 35.0 Å². The van der Waals surface area contributed by atoms with Gasteiger partial charge >= 0.3 is 0 Å². The zero-order valence-corrected chi connectivity index (χ0v) is 19.4. The van der Waals surface area contributed by atoms with Crippen LogP contribution in [0.5, 0.6) is 0 Å². The Hall–Kier alpha value is -2.45. The molecule has 0 fully saturated rings. The van der Waals surface area contributed by atoms with Gasteiger partial charge in [-0.15, -0.1) is 11.3 Å². The fourth-order valence-corrected chi connectivity index (χ4v) is 6.19. The minimum absolute atomic E-state index is 0.0185. The fraction of sp³-hybridized carbons (Fsp3) is 0.391. The zero-order chi connectivity index (χ0) is 22.1. The maximum Gasteiger partial charge on any atom is 0.260 e. The first-order valence-corrected chi connectivity index (χ1v) is 12.2. The molecule has 0 saturated heterocycles. The van der Waals surface area contributed by atoms with E-state index < -0.39 is 5.25 Å². The molecule has 0 spiro atoms. The van der Waals surface area contributed by atoms with Gasteiger partial charge in [-0.3, -0.25) is 14.4 Å². The van der Waals surface area contributed by atoms with E-state index in [9.17, 15) is 14.4 Å². The number of hydrogen-bond donors (Lipinski definition) is 2. The first-order valence-electron chi connectivity index (χ1n) is 10.5. The number of H-pyrrole nitrogens is 1. The summed E-state index contributed by atoms with van der Waals surface area (Å²) >= 11 is 2.88. The topological polar surface area (TPSA) is 91.9 Å². The number of benzene rings is 1. The van der Waals surface area contributed by atoms with Gasteiger partial charge in [-0.1, -0.05) is 25.6 Å². The number of Topliss-reactive ketones (excluding diaryl/α,β-unsaturated/α-hetero) is 1. The molecule has 8 heteroatoms. The number of thiophene rings is 1. The van der Waals surface area contributed by atoms with Crippen LogP contribution in [-0.2, 0) is 17.6 Å². The fourth-order valence-electron chi connectivity index (χ4n) is 3.85. The number of thioether (sulfide) groups is 1. The Labute approximate surface area is 188 Å². The van der Waals surface area contributed by atoms with Gasteiger partial charge in [0.2, 0.25) is 5.91 Å². The van der Waals surface area contributed by atoms with Gasteiger partial charge < -0.3 is 10.3 Å². The van der Waals surface area contributed by atoms with Gasteiger partial charge in [-0.2, -0.15) is 0 Å². The molecule has 0 saturated carbocycles. The van der Waals surface area contributed by atoms with Crippen LogP contribution < -0.4 is 10.9 Å². The van der Waals surface area contributed by atoms with Crippen molar-refractivity contribution in [3.63, 3.8) is 0 Å². The number of amides is 1. The molecule has 162 valence electrons. The highest BCUT2D eigenvalue weighted by molar-refractivity contribution is 8.00. The van der Waals surface area contributed by atoms with Crippen molar-refractivity contribution in [3.8, 4) is 0 Å². The lowest BCUT2D eigenvalue weighted by Gasteiger charge is -2.17. The van der Waals surface area contributed by atoms with Crippen LogP contribution in [-0.4, -0.2) is 26.9 Å². The van der Waals surface area contributed by atoms with Crippen molar-refractivity contribution in [3.05, 3.63) is 50.6 Å². The molecule has 3 aromatic rings. The lowest BCUT2D eigenvalue weighted by molar-refractivity contribution is -0.115. The number of carbonyl (C=O) groups excluding carboxylic acids is 2. The Balaban J connectivity index is 1.53. The molecule has 1 aliphatic carbocycles. The van der Waals surface area contributed by atoms with E-state index in [1.54, 1.807) is 35.6 Å². The highest BCUT2D eigenvalue weighted by atomic mass is 32.2. The second-order valence-electron chi connectivity index (χ2n) is 8.04. The summed E-state index contributed by atoms with van der Waals surface area (Å²) in [7, 11) is 0. The van der Waals surface area contributed by atoms with Crippen LogP contribution in [0.15, 0.2) is 34.2 Å². The molecule has 6 nitrogen and oxygen atoms in total. The van der Waals surface area contributed by atoms with Gasteiger partial charge in [-0.05, 0) is 68.4 Å². The molecule has 1 aromatic carbocycles. The molecule has 2 atom stereocenters. The smallest absolute Gasteiger partial charge is 0.260 e. The lowest BCUT2D eigenvalue weighted by atomic mass is 9.89. The zero-order valence-electron chi connectivity index (χ0n) is 17.8. The van der Waals surface area contributed by atoms with Crippen LogP contribution in [0.4, 0.5) is 5.69 Å². The predicted molar refractivity (Wildman–Crippen MR) is 126 cm³/mol. The molecule has 0 aliphatic heterocycles. The molecule has 31 heavy (non-hydrogen) atoms. The molecule has 2 N–H and O–H groups in total. The molecule has 1 aliphatic rings. The van der Waals surface area contributed by atoms with E-state index in [1.165, 1.54) is 23.6 Å². The highest BCUT2D eigenvalue weighted by Gasteiger charge is 2.25. The van der Waals surface area contributed by atoms with Crippen LogP contribution >= 0.6 is 23.1 Å². The number of rotatable bonds is 6. The number of aryl methyl sites for hydroxylation is 1. The van der Waals surface area contributed by atoms with Gasteiger partial charge in [0.1, 0.15) is 4.83 Å². The summed E-state index contributed by atoms with van der Waals surface area (Å²) in [4.78, 5) is 46.6. The van der Waals surface area contributed by atoms with Gasteiger partial charge in [-0.25, -0.2) is 4.98 Å². The number of ketones is 1. The van der Waals surface area contributed by atoms with Crippen molar-refractivity contribution in [2.24, 2.45) is 5.92 Å². The number of aromatic amines is 1. The third kappa shape index (κ3) is 4.60. The van der Waals surface area contributed by atoms with Crippen molar-refractivity contribution >= 4 is 50.7 Å². The second kappa shape index (κ2) is 8.96. The third-order valence-corrected chi connectivity index (χ3v) is 8.02. The lowest BCUT2D eigenvalue weighted by Crippen LogP contribution is -2.25. The van der Waals surface area contributed by atoms with E-state index in [1.807, 2.05) is 6.92 Å². The molecule has 0 radical (unpaired) electrons. The summed E-state index contributed by atoms with van der Waals surface area (Å²) in [6.07, 6.45) is 3.61. The molecule has 2 heterocycles. The molecular formula is C23H25N3O3S2. The summed E-state index contributed by atoms with van der Waals surface area (Å²) in [5, 5.41) is 3.68. The number of aromatic nitrogens is 2. The van der Waals surface area contributed by atoms with Crippen LogP contribution in [0.2, 0.25) is 0 Å². The van der Waals surface area contributed by atoms with Crippen LogP contribution in [0, 0.1) is 5.92 Å². The van der Waals surface area contributed by atoms with Gasteiger partial charge in [0.25, 0.3) is 5.56 Å². The summed E-state index contributed by atoms with van der Waals surface area (Å²) in [6.45, 7) is 5.68. The maximum atomic E-state index is 12.8. The normalized spacial score (nSPS) is 16.7. The van der Waals surface area contributed by atoms with Crippen molar-refractivity contribution in [1.29, 1.82) is 0 Å². The number of carbonyl (C=O) groups is 2. The van der Waals surface area contributed by atoms with Gasteiger partial charge in [0, 0.05) is 16.1 Å². The highest BCUT2D eigenvalue weighted by Crippen LogP contribution is 2.36. The van der Waals surface area contributed by atoms with Gasteiger partial charge in [0.05, 0.1) is 10.6 Å². The molecule has 2 aromatic heterocycles. The van der Waals surface area contributed by atoms with Crippen molar-refractivity contribution in [2.75, 3.05) is 5.32 Å². The SMILES string of the molecule is CCC(Sc1nc2sc3c(c2c(=O)[nH]1)CCC(C)C3)C(=O)Nc1ccc(C(C)=O)cc1. The summed E-state index contributed by atoms with van der Waals surface area (Å²) in [5.41, 5.74) is 2.27. The van der Waals surface area contributed by atoms with Crippen LogP contribution in [0.3, 0.4) is 0 Å². The molecular weight excluding hydrogens is 430 g/mol. The first-order chi connectivity index (χ1) is 14.9. The average Bonchev–Trinajstić information content (AvgIpc) is 3.10. The molecule has 4 rings (SSSR count). The quantitative estimate of drug-likeness (QED) is 0.316. The largest absolute Gasteiger partial charge is 0.325 e. The van der Waals surface area contributed by atoms with Crippen molar-refractivity contribution in [2.45, 2.75) is 56.9 Å². The predicted octanol–water partition coefficient (Wildman–Crippen LogP) is 4.82. The first kappa shape index (κ1) is 21.8. The minimum atomic E-state index is -0.400. The molecule has 1 amide bonds. The van der Waals surface area contributed by atoms with E-state index in [0.29, 0.717) is 28.7 Å². The Morgan fingerprint density at radius 2 is 2.06 bits per heavy atom. The number of fused-ring (bicyclic) bond motifs is 3. The summed E-state index contributed by atoms with van der Waals surface area (Å²) < 4.78 is 0. The Morgan fingerprint density at radius 3 is 2.74 bits per heavy atom. The maximum absolute atomic E-state index is 12.8. The summed E-state index contributed by atoms with van der Waals surface area (Å²) in [5.74, 6) is 0.450. The number of nitrogens with one attached hydrogen (secondary N) is 2. The van der Waals surface area contributed by atoms with Crippen molar-refractivity contribution < 1.29 is 9.59 Å². The molecule has 2 unspecified atom stereocenters. The van der Waals surface area contributed by atoms with E-state index >= 15 is 0 Å². The van der Waals surface area contributed by atoms with E-state index in [2.05, 4.69) is 22.2 Å². The minimum Gasteiger partial charge on any atom is -0.325 e. The Kier molecular flexibility index (Phi) is 6.29. The number of nitrogens with zero attached hydrogens (tertiary/aromatic N) is 1. The molecule has 0 bridgehead atoms. The second-order valence-corrected chi connectivity index (χ2v) is 10.3. The van der Waals surface area contributed by atoms with Crippen molar-refractivity contribution in [1.82, 2.24) is 9.97 Å². The average molecular weight is 456 g/mol. The number of anilines is 1. The van der Waals surface area contributed by atoms with E-state index in [4.69, 9.17) is 0 Å². The third-order valence-electron chi connectivity index (χ3n) is 5.62. The Bertz CT molecular complexity index is 1200. The standard InChI is InChI=1S/C23H25N3O3S2/c1-4-17(20(28)24-15-8-6-14(7-9-15)13(3)27)31-23-25-21(29)19-16-10-5-12(2)11-18(16)30-22(19)26-23/h6-9,12,17H,4-5,10-11H2,1-3H3,(H,24,28)(H,25,26,29). The number of hydrogen-bond acceptors (Lipinski definition) is 6. The monoisotopic (exact) mass is 455 g/mol. The Morgan fingerprint density at radius 1 is 1.32 bits per heavy atom. The van der Waals surface area contributed by atoms with Crippen LogP contribution in [0.1, 0.15) is 54.4 Å². The van der Waals surface area contributed by atoms with E-state index in [-0.39, 0.29) is 17.2 Å².